The van der Waals surface area contributed by atoms with Gasteiger partial charge in [0.25, 0.3) is 0 Å². The van der Waals surface area contributed by atoms with Gasteiger partial charge in [0.2, 0.25) is 0 Å². The van der Waals surface area contributed by atoms with E-state index in [2.05, 4.69) is 15.0 Å². The van der Waals surface area contributed by atoms with Crippen LogP contribution in [-0.4, -0.2) is 29.4 Å². The summed E-state index contributed by atoms with van der Waals surface area (Å²) in [5.74, 6) is -8.74. The Morgan fingerprint density at radius 3 is 2.14 bits per heavy atom. The van der Waals surface area contributed by atoms with Crippen LogP contribution < -0.4 is 15.4 Å². The van der Waals surface area contributed by atoms with Crippen LogP contribution in [0.1, 0.15) is 24.1 Å². The van der Waals surface area contributed by atoms with Crippen molar-refractivity contribution in [1.29, 1.82) is 0 Å². The van der Waals surface area contributed by atoms with Gasteiger partial charge in [0.1, 0.15) is 5.75 Å². The molecule has 0 aliphatic heterocycles. The first-order valence-electron chi connectivity index (χ1n) is 10.5. The predicted octanol–water partition coefficient (Wildman–Crippen LogP) is 7.26. The molecule has 1 aromatic heterocycles. The largest absolute Gasteiger partial charge is 0.573 e. The summed E-state index contributed by atoms with van der Waals surface area (Å²) >= 11 is 0. The Bertz CT molecular complexity index is 1260. The molecule has 5 nitrogen and oxygen atoms in total. The third kappa shape index (κ3) is 6.46. The standard InChI is InChI=1S/C24H19F8N3O2/c1-13-11-12-33-20(19(13)35-21(36)22(25,26)23(27,28)29)34-14(2)15-7-9-16(10-8-15)17-5-3-4-6-18(17)37-24(30,31)32/h3-12,14H,1-2H3,(H,33,34)(H,35,36). The maximum absolute atomic E-state index is 13.4. The molecule has 2 aromatic carbocycles. The minimum absolute atomic E-state index is 0.160. The average molecular weight is 533 g/mol. The Morgan fingerprint density at radius 1 is 0.919 bits per heavy atom. The zero-order valence-electron chi connectivity index (χ0n) is 19.1. The minimum Gasteiger partial charge on any atom is -0.405 e. The van der Waals surface area contributed by atoms with E-state index in [4.69, 9.17) is 0 Å². The van der Waals surface area contributed by atoms with Gasteiger partial charge < -0.3 is 15.4 Å². The maximum atomic E-state index is 13.4. The van der Waals surface area contributed by atoms with Gasteiger partial charge in [-0.2, -0.15) is 22.0 Å². The summed E-state index contributed by atoms with van der Waals surface area (Å²) in [6, 6.07) is 12.5. The van der Waals surface area contributed by atoms with E-state index < -0.39 is 36.2 Å². The van der Waals surface area contributed by atoms with Crippen molar-refractivity contribution in [3.63, 3.8) is 0 Å². The zero-order chi connectivity index (χ0) is 27.6. The number of carbonyl (C=O) groups is 1. The highest BCUT2D eigenvalue weighted by Gasteiger charge is 2.63. The molecule has 1 unspecified atom stereocenters. The third-order valence-electron chi connectivity index (χ3n) is 5.23. The highest BCUT2D eigenvalue weighted by Crippen LogP contribution is 2.38. The molecule has 0 aliphatic carbocycles. The van der Waals surface area contributed by atoms with Gasteiger partial charge in [-0.15, -0.1) is 13.2 Å². The minimum atomic E-state index is -6.08. The van der Waals surface area contributed by atoms with Crippen LogP contribution in [0.3, 0.4) is 0 Å². The summed E-state index contributed by atoms with van der Waals surface area (Å²) in [7, 11) is 0. The van der Waals surface area contributed by atoms with E-state index in [1.165, 1.54) is 55.6 Å². The summed E-state index contributed by atoms with van der Waals surface area (Å²) in [4.78, 5) is 15.6. The molecule has 0 radical (unpaired) electrons. The summed E-state index contributed by atoms with van der Waals surface area (Å²) in [6.45, 7) is 3.00. The van der Waals surface area contributed by atoms with Gasteiger partial charge >= 0.3 is 24.4 Å². The molecule has 1 atom stereocenters. The van der Waals surface area contributed by atoms with Crippen molar-refractivity contribution in [3.8, 4) is 16.9 Å². The van der Waals surface area contributed by atoms with Crippen LogP contribution in [0, 0.1) is 6.92 Å². The van der Waals surface area contributed by atoms with Gasteiger partial charge in [-0.05, 0) is 42.7 Å². The molecule has 0 aliphatic rings. The molecule has 1 heterocycles. The van der Waals surface area contributed by atoms with E-state index in [0.717, 1.165) is 0 Å². The molecular formula is C24H19F8N3O2. The molecular weight excluding hydrogens is 514 g/mol. The Morgan fingerprint density at radius 2 is 1.54 bits per heavy atom. The number of anilines is 2. The van der Waals surface area contributed by atoms with Crippen LogP contribution in [0.4, 0.5) is 46.6 Å². The predicted molar refractivity (Wildman–Crippen MR) is 119 cm³/mol. The van der Waals surface area contributed by atoms with Gasteiger partial charge in [-0.3, -0.25) is 4.79 Å². The van der Waals surface area contributed by atoms with Crippen LogP contribution in [-0.2, 0) is 4.79 Å². The summed E-state index contributed by atoms with van der Waals surface area (Å²) in [6.07, 6.45) is -9.70. The van der Waals surface area contributed by atoms with Crippen LogP contribution >= 0.6 is 0 Å². The lowest BCUT2D eigenvalue weighted by atomic mass is 10.0. The number of pyridine rings is 1. The van der Waals surface area contributed by atoms with Crippen molar-refractivity contribution < 1.29 is 44.7 Å². The molecule has 2 N–H and O–H groups in total. The maximum Gasteiger partial charge on any atom is 0.573 e. The molecule has 0 fully saturated rings. The number of hydrogen-bond acceptors (Lipinski definition) is 4. The molecule has 0 bridgehead atoms. The summed E-state index contributed by atoms with van der Waals surface area (Å²) in [5.41, 5.74) is 0.972. The molecule has 0 saturated carbocycles. The number of para-hydroxylation sites is 1. The van der Waals surface area contributed by atoms with Crippen LogP contribution in [0.15, 0.2) is 60.8 Å². The lowest BCUT2D eigenvalue weighted by Gasteiger charge is -2.22. The number of nitrogens with one attached hydrogen (secondary N) is 2. The van der Waals surface area contributed by atoms with E-state index in [1.807, 2.05) is 0 Å². The van der Waals surface area contributed by atoms with E-state index in [-0.39, 0.29) is 22.6 Å². The molecule has 0 spiro atoms. The first kappa shape index (κ1) is 27.7. The zero-order valence-corrected chi connectivity index (χ0v) is 19.1. The van der Waals surface area contributed by atoms with Gasteiger partial charge in [-0.25, -0.2) is 4.98 Å². The van der Waals surface area contributed by atoms with Gasteiger partial charge in [0, 0.05) is 11.8 Å². The highest BCUT2D eigenvalue weighted by molar-refractivity contribution is 5.99. The SMILES string of the molecule is Cc1ccnc(NC(C)c2ccc(-c3ccccc3OC(F)(F)F)cc2)c1NC(=O)C(F)(F)C(F)(F)F. The Kier molecular flexibility index (Phi) is 7.65. The van der Waals surface area contributed by atoms with Crippen molar-refractivity contribution in [2.75, 3.05) is 10.6 Å². The number of ether oxygens (including phenoxy) is 1. The number of alkyl halides is 8. The fourth-order valence-electron chi connectivity index (χ4n) is 3.30. The summed E-state index contributed by atoms with van der Waals surface area (Å²) < 4.78 is 107. The van der Waals surface area contributed by atoms with Gasteiger partial charge in [0.15, 0.2) is 5.82 Å². The average Bonchev–Trinajstić information content (AvgIpc) is 2.80. The fraction of sp³-hybridized carbons (Fsp3) is 0.250. The quantitative estimate of drug-likeness (QED) is 0.314. The second-order valence-corrected chi connectivity index (χ2v) is 7.91. The second-order valence-electron chi connectivity index (χ2n) is 7.91. The Balaban J connectivity index is 1.83. The first-order valence-corrected chi connectivity index (χ1v) is 10.5. The number of aryl methyl sites for hydroxylation is 1. The van der Waals surface area contributed by atoms with Crippen LogP contribution in [0.5, 0.6) is 5.75 Å². The van der Waals surface area contributed by atoms with Crippen molar-refractivity contribution in [2.24, 2.45) is 0 Å². The van der Waals surface area contributed by atoms with Crippen molar-refractivity contribution >= 4 is 17.4 Å². The lowest BCUT2D eigenvalue weighted by Crippen LogP contribution is -2.47. The number of carbonyl (C=O) groups excluding carboxylic acids is 1. The van der Waals surface area contributed by atoms with Crippen molar-refractivity contribution in [1.82, 2.24) is 4.98 Å². The van der Waals surface area contributed by atoms with Crippen molar-refractivity contribution in [3.05, 3.63) is 71.9 Å². The van der Waals surface area contributed by atoms with E-state index in [0.29, 0.717) is 11.1 Å². The first-order chi connectivity index (χ1) is 17.1. The molecule has 0 saturated heterocycles. The van der Waals surface area contributed by atoms with Gasteiger partial charge in [-0.1, -0.05) is 42.5 Å². The van der Waals surface area contributed by atoms with E-state index in [9.17, 15) is 39.9 Å². The fourth-order valence-corrected chi connectivity index (χ4v) is 3.30. The smallest absolute Gasteiger partial charge is 0.405 e. The second kappa shape index (κ2) is 10.2. The highest BCUT2D eigenvalue weighted by atomic mass is 19.4. The normalized spacial score (nSPS) is 13.1. The molecule has 1 amide bonds. The molecule has 37 heavy (non-hydrogen) atoms. The summed E-state index contributed by atoms with van der Waals surface area (Å²) in [5, 5.41) is 4.44. The number of hydrogen-bond donors (Lipinski definition) is 2. The molecule has 3 rings (SSSR count). The van der Waals surface area contributed by atoms with E-state index >= 15 is 0 Å². The number of benzene rings is 2. The monoisotopic (exact) mass is 533 g/mol. The topological polar surface area (TPSA) is 63.3 Å². The lowest BCUT2D eigenvalue weighted by molar-refractivity contribution is -0.274. The number of aromatic nitrogens is 1. The Labute approximate surface area is 205 Å². The molecule has 198 valence electrons. The Hall–Kier alpha value is -3.90. The number of rotatable bonds is 7. The van der Waals surface area contributed by atoms with Crippen LogP contribution in [0.2, 0.25) is 0 Å². The van der Waals surface area contributed by atoms with Crippen molar-refractivity contribution in [2.45, 2.75) is 38.4 Å². The third-order valence-corrected chi connectivity index (χ3v) is 5.23. The number of amides is 1. The van der Waals surface area contributed by atoms with Gasteiger partial charge in [0.05, 0.1) is 11.7 Å². The number of nitrogens with zero attached hydrogens (tertiary/aromatic N) is 1. The van der Waals surface area contributed by atoms with Crippen LogP contribution in [0.25, 0.3) is 11.1 Å². The van der Waals surface area contributed by atoms with E-state index in [1.54, 1.807) is 24.4 Å². The molecule has 3 aromatic rings. The molecule has 13 heteroatoms. The number of halogens is 8.